The second kappa shape index (κ2) is 2.86. The summed E-state index contributed by atoms with van der Waals surface area (Å²) in [5.74, 6) is 0. The predicted molar refractivity (Wildman–Crippen MR) is 37.3 cm³/mol. The number of hydrogen-bond acceptors (Lipinski definition) is 2. The van der Waals surface area contributed by atoms with Crippen LogP contribution in [0.4, 0.5) is 14.5 Å². The lowest BCUT2D eigenvalue weighted by Gasteiger charge is -2.02. The Bertz CT molecular complexity index is 244. The van der Waals surface area contributed by atoms with Crippen molar-refractivity contribution in [1.29, 1.82) is 0 Å². The average molecular weight is 161 g/mol. The van der Waals surface area contributed by atoms with Crippen LogP contribution in [0.3, 0.4) is 0 Å². The van der Waals surface area contributed by atoms with Gasteiger partial charge in [-0.15, -0.1) is 0 Å². The molecule has 0 spiro atoms. The molecule has 11 heavy (non-hydrogen) atoms. The molecule has 62 valence electrons. The van der Waals surface area contributed by atoms with E-state index in [0.717, 1.165) is 0 Å². The highest BCUT2D eigenvalue weighted by atomic mass is 19.3. The van der Waals surface area contributed by atoms with Crippen molar-refractivity contribution in [3.05, 3.63) is 11.9 Å². The normalized spacial score (nSPS) is 10.9. The minimum atomic E-state index is -2.54. The first-order chi connectivity index (χ1) is 5.16. The molecule has 0 saturated heterocycles. The van der Waals surface area contributed by atoms with E-state index in [1.165, 1.54) is 10.9 Å². The van der Waals surface area contributed by atoms with Crippen LogP contribution in [0.1, 0.15) is 19.0 Å². The number of halogens is 2. The molecule has 1 aromatic heterocycles. The topological polar surface area (TPSA) is 43.8 Å². The minimum absolute atomic E-state index is 0.0573. The Morgan fingerprint density at radius 1 is 1.73 bits per heavy atom. The summed E-state index contributed by atoms with van der Waals surface area (Å²) in [7, 11) is 0. The number of aromatic nitrogens is 2. The second-order valence-corrected chi connectivity index (χ2v) is 2.10. The number of aryl methyl sites for hydroxylation is 1. The van der Waals surface area contributed by atoms with Crippen molar-refractivity contribution in [2.45, 2.75) is 19.9 Å². The van der Waals surface area contributed by atoms with Gasteiger partial charge in [-0.1, -0.05) is 0 Å². The van der Waals surface area contributed by atoms with Gasteiger partial charge in [-0.25, -0.2) is 8.78 Å². The van der Waals surface area contributed by atoms with Crippen LogP contribution < -0.4 is 5.73 Å². The Balaban J connectivity index is 3.07. The van der Waals surface area contributed by atoms with Gasteiger partial charge in [-0.2, -0.15) is 5.10 Å². The van der Waals surface area contributed by atoms with E-state index in [1.54, 1.807) is 6.92 Å². The van der Waals surface area contributed by atoms with Gasteiger partial charge in [0.25, 0.3) is 6.43 Å². The molecule has 0 atom stereocenters. The molecule has 0 aliphatic heterocycles. The van der Waals surface area contributed by atoms with Crippen molar-refractivity contribution >= 4 is 5.69 Å². The molecule has 0 aliphatic carbocycles. The molecule has 0 saturated carbocycles. The highest BCUT2D eigenvalue weighted by molar-refractivity contribution is 5.41. The number of alkyl halides is 2. The van der Waals surface area contributed by atoms with Crippen LogP contribution in [-0.2, 0) is 6.54 Å². The number of nitrogens with zero attached hydrogens (tertiary/aromatic N) is 2. The summed E-state index contributed by atoms with van der Waals surface area (Å²) in [5, 5.41) is 3.67. The highest BCUT2D eigenvalue weighted by Gasteiger charge is 2.16. The van der Waals surface area contributed by atoms with Crippen LogP contribution in [0.5, 0.6) is 0 Å². The fraction of sp³-hybridized carbons (Fsp3) is 0.500. The van der Waals surface area contributed by atoms with Gasteiger partial charge in [0.15, 0.2) is 0 Å². The first-order valence-corrected chi connectivity index (χ1v) is 3.26. The summed E-state index contributed by atoms with van der Waals surface area (Å²) in [5.41, 5.74) is 5.12. The number of hydrogen-bond donors (Lipinski definition) is 1. The zero-order chi connectivity index (χ0) is 8.43. The molecular weight excluding hydrogens is 152 g/mol. The van der Waals surface area contributed by atoms with Crippen molar-refractivity contribution in [2.24, 2.45) is 0 Å². The Labute approximate surface area is 62.8 Å². The van der Waals surface area contributed by atoms with E-state index in [9.17, 15) is 8.78 Å². The predicted octanol–water partition coefficient (Wildman–Crippen LogP) is 1.42. The molecule has 0 unspecified atom stereocenters. The molecule has 0 bridgehead atoms. The molecule has 2 N–H and O–H groups in total. The van der Waals surface area contributed by atoms with Gasteiger partial charge in [0.05, 0.1) is 11.9 Å². The quantitative estimate of drug-likeness (QED) is 0.712. The SMILES string of the molecule is CCn1ncc(N)c1C(F)F. The van der Waals surface area contributed by atoms with Crippen LogP contribution in [0.25, 0.3) is 0 Å². The minimum Gasteiger partial charge on any atom is -0.396 e. The maximum Gasteiger partial charge on any atom is 0.282 e. The maximum atomic E-state index is 12.2. The van der Waals surface area contributed by atoms with Crippen molar-refractivity contribution < 1.29 is 8.78 Å². The molecule has 0 amide bonds. The van der Waals surface area contributed by atoms with E-state index in [1.807, 2.05) is 0 Å². The molecule has 0 radical (unpaired) electrons. The summed E-state index contributed by atoms with van der Waals surface area (Å²) < 4.78 is 25.5. The smallest absolute Gasteiger partial charge is 0.282 e. The van der Waals surface area contributed by atoms with Crippen LogP contribution >= 0.6 is 0 Å². The van der Waals surface area contributed by atoms with Gasteiger partial charge < -0.3 is 5.73 Å². The molecular formula is C6H9F2N3. The lowest BCUT2D eigenvalue weighted by molar-refractivity contribution is 0.140. The number of anilines is 1. The summed E-state index contributed by atoms with van der Waals surface area (Å²) in [4.78, 5) is 0. The van der Waals surface area contributed by atoms with Crippen LogP contribution in [0, 0.1) is 0 Å². The Kier molecular flexibility index (Phi) is 2.07. The Morgan fingerprint density at radius 3 is 2.73 bits per heavy atom. The summed E-state index contributed by atoms with van der Waals surface area (Å²) in [6.07, 6.45) is -1.30. The maximum absolute atomic E-state index is 12.2. The third kappa shape index (κ3) is 1.31. The molecule has 5 heteroatoms. The number of nitrogens with two attached hydrogens (primary N) is 1. The third-order valence-electron chi connectivity index (χ3n) is 1.42. The van der Waals surface area contributed by atoms with Crippen molar-refractivity contribution in [3.8, 4) is 0 Å². The number of nitrogen functional groups attached to an aromatic ring is 1. The fourth-order valence-corrected chi connectivity index (χ4v) is 0.900. The van der Waals surface area contributed by atoms with Crippen molar-refractivity contribution in [3.63, 3.8) is 0 Å². The molecule has 0 aromatic carbocycles. The van der Waals surface area contributed by atoms with Crippen LogP contribution in [0.15, 0.2) is 6.20 Å². The van der Waals surface area contributed by atoms with E-state index >= 15 is 0 Å². The van der Waals surface area contributed by atoms with E-state index in [0.29, 0.717) is 6.54 Å². The summed E-state index contributed by atoms with van der Waals surface area (Å²) >= 11 is 0. The standard InChI is InChI=1S/C6H9F2N3/c1-2-11-5(6(7)8)4(9)3-10-11/h3,6H,2,9H2,1H3. The van der Waals surface area contributed by atoms with Gasteiger partial charge in [-0.05, 0) is 6.92 Å². The third-order valence-corrected chi connectivity index (χ3v) is 1.42. The monoisotopic (exact) mass is 161 g/mol. The first kappa shape index (κ1) is 7.97. The first-order valence-electron chi connectivity index (χ1n) is 3.26. The summed E-state index contributed by atoms with van der Waals surface area (Å²) in [6.45, 7) is 2.15. The van der Waals surface area contributed by atoms with Gasteiger partial charge in [0.1, 0.15) is 5.69 Å². The molecule has 1 aromatic rings. The zero-order valence-corrected chi connectivity index (χ0v) is 6.09. The van der Waals surface area contributed by atoms with Crippen LogP contribution in [0.2, 0.25) is 0 Å². The van der Waals surface area contributed by atoms with E-state index in [2.05, 4.69) is 5.10 Å². The number of rotatable bonds is 2. The van der Waals surface area contributed by atoms with E-state index in [-0.39, 0.29) is 11.4 Å². The van der Waals surface area contributed by atoms with Gasteiger partial charge in [0.2, 0.25) is 0 Å². The lowest BCUT2D eigenvalue weighted by atomic mass is 10.4. The largest absolute Gasteiger partial charge is 0.396 e. The molecule has 1 heterocycles. The van der Waals surface area contributed by atoms with Crippen molar-refractivity contribution in [2.75, 3.05) is 5.73 Å². The van der Waals surface area contributed by atoms with E-state index < -0.39 is 6.43 Å². The van der Waals surface area contributed by atoms with Gasteiger partial charge in [0, 0.05) is 6.54 Å². The second-order valence-electron chi connectivity index (χ2n) is 2.10. The van der Waals surface area contributed by atoms with Crippen molar-refractivity contribution in [1.82, 2.24) is 9.78 Å². The summed E-state index contributed by atoms with van der Waals surface area (Å²) in [6, 6.07) is 0. The Morgan fingerprint density at radius 2 is 2.36 bits per heavy atom. The van der Waals surface area contributed by atoms with Gasteiger partial charge in [-0.3, -0.25) is 4.68 Å². The fourth-order valence-electron chi connectivity index (χ4n) is 0.900. The molecule has 0 aliphatic rings. The molecule has 0 fully saturated rings. The molecule has 1 rings (SSSR count). The zero-order valence-electron chi connectivity index (χ0n) is 6.09. The Hall–Kier alpha value is -1.13. The van der Waals surface area contributed by atoms with Gasteiger partial charge >= 0.3 is 0 Å². The van der Waals surface area contributed by atoms with E-state index in [4.69, 9.17) is 5.73 Å². The van der Waals surface area contributed by atoms with Crippen LogP contribution in [-0.4, -0.2) is 9.78 Å². The average Bonchev–Trinajstić information content (AvgIpc) is 2.30. The molecule has 3 nitrogen and oxygen atoms in total. The lowest BCUT2D eigenvalue weighted by Crippen LogP contribution is -2.04. The highest BCUT2D eigenvalue weighted by Crippen LogP contribution is 2.23.